The first-order valence-electron chi connectivity index (χ1n) is 9.28. The molecule has 0 aromatic heterocycles. The lowest BCUT2D eigenvalue weighted by molar-refractivity contribution is -0.117. The third-order valence-electron chi connectivity index (χ3n) is 4.26. The lowest BCUT2D eigenvalue weighted by Gasteiger charge is -2.09. The van der Waals surface area contributed by atoms with Crippen molar-refractivity contribution in [1.82, 2.24) is 0 Å². The first kappa shape index (κ1) is 20.9. The fourth-order valence-corrected chi connectivity index (χ4v) is 2.84. The van der Waals surface area contributed by atoms with E-state index in [4.69, 9.17) is 0 Å². The van der Waals surface area contributed by atoms with Crippen molar-refractivity contribution >= 4 is 5.78 Å². The number of allylic oxidation sites excluding steroid dienone is 9. The number of carbonyl (C=O) groups is 1. The second kappa shape index (κ2) is 11.3. The van der Waals surface area contributed by atoms with Gasteiger partial charge in [0.1, 0.15) is 5.78 Å². The zero-order valence-electron chi connectivity index (χ0n) is 16.2. The number of ketones is 1. The molecule has 0 spiro atoms. The van der Waals surface area contributed by atoms with Gasteiger partial charge < -0.3 is 0 Å². The van der Waals surface area contributed by atoms with Gasteiger partial charge in [-0.1, -0.05) is 117 Å². The maximum Gasteiger partial charge on any atom is 0.141 e. The molecule has 2 rings (SSSR count). The Bertz CT molecular complexity index is 924. The van der Waals surface area contributed by atoms with Crippen molar-refractivity contribution < 1.29 is 4.79 Å². The van der Waals surface area contributed by atoms with Crippen molar-refractivity contribution in [3.63, 3.8) is 0 Å². The molecule has 0 radical (unpaired) electrons. The standard InChI is InChI=1S/C27H26O/c1-4-6-13-22(3)23(14-7-5-2)19-20-26(28)21-25-17-11-12-18-27(25)24-15-9-8-10-16-24/h4-19H,1-3,20-21H2. The summed E-state index contributed by atoms with van der Waals surface area (Å²) in [6.45, 7) is 11.4. The van der Waals surface area contributed by atoms with Crippen LogP contribution in [0.15, 0.2) is 128 Å². The van der Waals surface area contributed by atoms with E-state index in [0.29, 0.717) is 12.8 Å². The van der Waals surface area contributed by atoms with Crippen LogP contribution in [0.2, 0.25) is 0 Å². The molecule has 0 bridgehead atoms. The number of benzene rings is 2. The second-order valence-electron chi connectivity index (χ2n) is 6.32. The molecule has 0 saturated heterocycles. The van der Waals surface area contributed by atoms with E-state index in [1.165, 1.54) is 0 Å². The van der Waals surface area contributed by atoms with Gasteiger partial charge >= 0.3 is 0 Å². The Morgan fingerprint density at radius 3 is 2.21 bits per heavy atom. The number of carbonyl (C=O) groups excluding carboxylic acids is 1. The van der Waals surface area contributed by atoms with Crippen LogP contribution in [0.5, 0.6) is 0 Å². The van der Waals surface area contributed by atoms with Gasteiger partial charge in [-0.15, -0.1) is 0 Å². The first-order chi connectivity index (χ1) is 13.7. The monoisotopic (exact) mass is 366 g/mol. The Balaban J connectivity index is 2.17. The fourth-order valence-electron chi connectivity index (χ4n) is 2.84. The van der Waals surface area contributed by atoms with Gasteiger partial charge in [0.15, 0.2) is 0 Å². The van der Waals surface area contributed by atoms with E-state index in [1.54, 1.807) is 12.2 Å². The molecule has 0 fully saturated rings. The van der Waals surface area contributed by atoms with Crippen molar-refractivity contribution in [2.45, 2.75) is 12.8 Å². The molecule has 0 amide bonds. The van der Waals surface area contributed by atoms with Crippen LogP contribution in [0, 0.1) is 0 Å². The van der Waals surface area contributed by atoms with Gasteiger partial charge in [0.2, 0.25) is 0 Å². The van der Waals surface area contributed by atoms with E-state index >= 15 is 0 Å². The minimum Gasteiger partial charge on any atom is -0.299 e. The Kier molecular flexibility index (Phi) is 8.42. The molecule has 0 N–H and O–H groups in total. The highest BCUT2D eigenvalue weighted by Gasteiger charge is 2.09. The van der Waals surface area contributed by atoms with Crippen LogP contribution in [0.25, 0.3) is 11.1 Å². The molecule has 0 unspecified atom stereocenters. The number of hydrogen-bond donors (Lipinski definition) is 0. The zero-order valence-corrected chi connectivity index (χ0v) is 16.2. The van der Waals surface area contributed by atoms with Crippen molar-refractivity contribution in [3.05, 3.63) is 134 Å². The Morgan fingerprint density at radius 2 is 1.50 bits per heavy atom. The summed E-state index contributed by atoms with van der Waals surface area (Å²) in [6.07, 6.45) is 13.5. The predicted molar refractivity (Wildman–Crippen MR) is 121 cm³/mol. The van der Waals surface area contributed by atoms with Crippen LogP contribution >= 0.6 is 0 Å². The molecular formula is C27H26O. The van der Waals surface area contributed by atoms with E-state index in [9.17, 15) is 4.79 Å². The van der Waals surface area contributed by atoms with Gasteiger partial charge in [-0.2, -0.15) is 0 Å². The molecule has 0 aliphatic heterocycles. The van der Waals surface area contributed by atoms with E-state index in [1.807, 2.05) is 66.8 Å². The summed E-state index contributed by atoms with van der Waals surface area (Å²) in [5.74, 6) is 0.161. The Labute approximate surface area is 168 Å². The molecule has 0 saturated carbocycles. The molecule has 0 aliphatic rings. The lowest BCUT2D eigenvalue weighted by atomic mass is 9.95. The summed E-state index contributed by atoms with van der Waals surface area (Å²) in [5, 5.41) is 0. The highest BCUT2D eigenvalue weighted by Crippen LogP contribution is 2.24. The average molecular weight is 367 g/mol. The van der Waals surface area contributed by atoms with Crippen LogP contribution in [0.1, 0.15) is 12.0 Å². The summed E-state index contributed by atoms with van der Waals surface area (Å²) >= 11 is 0. The highest BCUT2D eigenvalue weighted by atomic mass is 16.1. The van der Waals surface area contributed by atoms with Gasteiger partial charge in [0.05, 0.1) is 0 Å². The molecule has 2 aromatic carbocycles. The van der Waals surface area contributed by atoms with Gasteiger partial charge in [-0.25, -0.2) is 0 Å². The van der Waals surface area contributed by atoms with E-state index in [2.05, 4.69) is 37.9 Å². The summed E-state index contributed by atoms with van der Waals surface area (Å²) in [4.78, 5) is 12.7. The largest absolute Gasteiger partial charge is 0.299 e. The molecule has 1 nitrogen and oxygen atoms in total. The predicted octanol–water partition coefficient (Wildman–Crippen LogP) is 6.82. The van der Waals surface area contributed by atoms with Crippen molar-refractivity contribution in [3.8, 4) is 11.1 Å². The SMILES string of the molecule is C=CC=CC(=C)C(C=CC=C)=CCC(=O)Cc1ccccc1-c1ccccc1. The molecule has 0 heterocycles. The highest BCUT2D eigenvalue weighted by molar-refractivity contribution is 5.85. The van der Waals surface area contributed by atoms with Gasteiger partial charge in [0, 0.05) is 12.8 Å². The zero-order chi connectivity index (χ0) is 20.2. The van der Waals surface area contributed by atoms with Crippen molar-refractivity contribution in [2.75, 3.05) is 0 Å². The van der Waals surface area contributed by atoms with Crippen LogP contribution in [0.3, 0.4) is 0 Å². The molecule has 140 valence electrons. The minimum atomic E-state index is 0.161. The molecular weight excluding hydrogens is 340 g/mol. The van der Waals surface area contributed by atoms with Gasteiger partial charge in [-0.05, 0) is 27.8 Å². The van der Waals surface area contributed by atoms with E-state index < -0.39 is 0 Å². The Morgan fingerprint density at radius 1 is 0.857 bits per heavy atom. The normalized spacial score (nSPS) is 11.6. The fraction of sp³-hybridized carbons (Fsp3) is 0.0741. The maximum atomic E-state index is 12.7. The second-order valence-corrected chi connectivity index (χ2v) is 6.32. The number of hydrogen-bond acceptors (Lipinski definition) is 1. The molecule has 28 heavy (non-hydrogen) atoms. The third kappa shape index (κ3) is 6.37. The third-order valence-corrected chi connectivity index (χ3v) is 4.26. The summed E-state index contributed by atoms with van der Waals surface area (Å²) in [5.41, 5.74) is 5.00. The Hall–Kier alpha value is -3.45. The molecule has 0 atom stereocenters. The first-order valence-corrected chi connectivity index (χ1v) is 9.28. The van der Waals surface area contributed by atoms with E-state index in [-0.39, 0.29) is 5.78 Å². The quantitative estimate of drug-likeness (QED) is 0.422. The van der Waals surface area contributed by atoms with Gasteiger partial charge in [-0.3, -0.25) is 4.79 Å². The molecule has 1 heteroatoms. The topological polar surface area (TPSA) is 17.1 Å². The smallest absolute Gasteiger partial charge is 0.141 e. The maximum absolute atomic E-state index is 12.7. The lowest BCUT2D eigenvalue weighted by Crippen LogP contribution is -2.03. The van der Waals surface area contributed by atoms with Crippen molar-refractivity contribution in [1.29, 1.82) is 0 Å². The van der Waals surface area contributed by atoms with Crippen LogP contribution in [-0.2, 0) is 11.2 Å². The van der Waals surface area contributed by atoms with Crippen LogP contribution < -0.4 is 0 Å². The molecule has 2 aromatic rings. The van der Waals surface area contributed by atoms with E-state index in [0.717, 1.165) is 27.8 Å². The van der Waals surface area contributed by atoms with Crippen LogP contribution in [-0.4, -0.2) is 5.78 Å². The minimum absolute atomic E-state index is 0.161. The average Bonchev–Trinajstić information content (AvgIpc) is 2.73. The van der Waals surface area contributed by atoms with Crippen molar-refractivity contribution in [2.24, 2.45) is 0 Å². The summed E-state index contributed by atoms with van der Waals surface area (Å²) in [6, 6.07) is 18.2. The summed E-state index contributed by atoms with van der Waals surface area (Å²) in [7, 11) is 0. The van der Waals surface area contributed by atoms with Gasteiger partial charge in [0.25, 0.3) is 0 Å². The number of rotatable bonds is 10. The summed E-state index contributed by atoms with van der Waals surface area (Å²) < 4.78 is 0. The molecule has 0 aliphatic carbocycles. The number of Topliss-reactive ketones (excluding diaryl/α,β-unsaturated/α-hetero) is 1. The van der Waals surface area contributed by atoms with Crippen LogP contribution in [0.4, 0.5) is 0 Å².